The van der Waals surface area contributed by atoms with Crippen LogP contribution in [0.3, 0.4) is 0 Å². The molecule has 0 bridgehead atoms. The Morgan fingerprint density at radius 3 is 2.67 bits per heavy atom. The number of nitrogens with zero attached hydrogens (tertiary/aromatic N) is 2. The first-order valence-electron chi connectivity index (χ1n) is 5.83. The first-order chi connectivity index (χ1) is 8.56. The summed E-state index contributed by atoms with van der Waals surface area (Å²) >= 11 is 0. The van der Waals surface area contributed by atoms with Gasteiger partial charge in [-0.25, -0.2) is 4.79 Å². The van der Waals surface area contributed by atoms with Gasteiger partial charge in [-0.3, -0.25) is 10.1 Å². The highest BCUT2D eigenvalue weighted by Gasteiger charge is 2.34. The van der Waals surface area contributed by atoms with Crippen LogP contribution in [0.5, 0.6) is 0 Å². The Morgan fingerprint density at radius 1 is 1.56 bits per heavy atom. The van der Waals surface area contributed by atoms with Gasteiger partial charge in [-0.05, 0) is 25.8 Å². The molecule has 18 heavy (non-hydrogen) atoms. The number of benzene rings is 1. The van der Waals surface area contributed by atoms with Crippen LogP contribution < -0.4 is 4.90 Å². The molecule has 1 aromatic carbocycles. The van der Waals surface area contributed by atoms with E-state index in [1.807, 2.05) is 11.8 Å². The van der Waals surface area contributed by atoms with Crippen molar-refractivity contribution < 1.29 is 14.8 Å². The lowest BCUT2D eigenvalue weighted by molar-refractivity contribution is -0.384. The molecule has 96 valence electrons. The molecule has 0 unspecified atom stereocenters. The quantitative estimate of drug-likeness (QED) is 0.640. The molecule has 0 saturated heterocycles. The van der Waals surface area contributed by atoms with Crippen LogP contribution in [0.2, 0.25) is 0 Å². The van der Waals surface area contributed by atoms with Gasteiger partial charge in [0.15, 0.2) is 0 Å². The minimum absolute atomic E-state index is 0.00190. The minimum atomic E-state index is -1.13. The third kappa shape index (κ3) is 2.13. The Morgan fingerprint density at radius 2 is 2.22 bits per heavy atom. The van der Waals surface area contributed by atoms with E-state index in [-0.39, 0.29) is 23.0 Å². The third-order valence-corrected chi connectivity index (χ3v) is 3.06. The third-order valence-electron chi connectivity index (χ3n) is 3.06. The summed E-state index contributed by atoms with van der Waals surface area (Å²) in [5, 5.41) is 20.2. The van der Waals surface area contributed by atoms with E-state index >= 15 is 0 Å². The lowest BCUT2D eigenvalue weighted by Crippen LogP contribution is -2.27. The second-order valence-corrected chi connectivity index (χ2v) is 4.25. The van der Waals surface area contributed by atoms with Crippen molar-refractivity contribution >= 4 is 17.3 Å². The number of para-hydroxylation sites is 1. The predicted octanol–water partition coefficient (Wildman–Crippen LogP) is 2.28. The molecule has 0 amide bonds. The van der Waals surface area contributed by atoms with E-state index in [9.17, 15) is 14.9 Å². The number of hydrogen-bond acceptors (Lipinski definition) is 4. The molecular weight excluding hydrogens is 236 g/mol. The number of anilines is 1. The van der Waals surface area contributed by atoms with Crippen molar-refractivity contribution in [2.45, 2.75) is 25.8 Å². The maximum Gasteiger partial charge on any atom is 0.338 e. The Bertz CT molecular complexity index is 465. The van der Waals surface area contributed by atoms with E-state index < -0.39 is 10.9 Å². The number of aromatic carboxylic acids is 1. The molecular formula is C12H14N2O4. The zero-order chi connectivity index (χ0) is 13.3. The van der Waals surface area contributed by atoms with Crippen molar-refractivity contribution in [3.8, 4) is 0 Å². The van der Waals surface area contributed by atoms with Crippen molar-refractivity contribution in [1.82, 2.24) is 0 Å². The van der Waals surface area contributed by atoms with Crippen molar-refractivity contribution in [1.29, 1.82) is 0 Å². The summed E-state index contributed by atoms with van der Waals surface area (Å²) in [5.41, 5.74) is 0.0987. The zero-order valence-corrected chi connectivity index (χ0v) is 10.00. The molecule has 0 atom stereocenters. The predicted molar refractivity (Wildman–Crippen MR) is 66.1 cm³/mol. The standard InChI is InChI=1S/C12H14N2O4/c1-2-13(8-6-7-8)11-9(12(15)16)4-3-5-10(11)14(17)18/h3-5,8H,2,6-7H2,1H3,(H,15,16). The van der Waals surface area contributed by atoms with E-state index in [1.165, 1.54) is 18.2 Å². The van der Waals surface area contributed by atoms with E-state index in [1.54, 1.807) is 0 Å². The van der Waals surface area contributed by atoms with Gasteiger partial charge < -0.3 is 10.0 Å². The summed E-state index contributed by atoms with van der Waals surface area (Å²) in [5.74, 6) is -1.13. The minimum Gasteiger partial charge on any atom is -0.478 e. The van der Waals surface area contributed by atoms with Gasteiger partial charge in [0.05, 0.1) is 10.5 Å². The van der Waals surface area contributed by atoms with E-state index in [0.717, 1.165) is 12.8 Å². The molecule has 1 N–H and O–H groups in total. The number of rotatable bonds is 5. The van der Waals surface area contributed by atoms with Gasteiger partial charge in [0.25, 0.3) is 5.69 Å². The summed E-state index contributed by atoms with van der Waals surface area (Å²) in [7, 11) is 0. The van der Waals surface area contributed by atoms with Crippen LogP contribution in [-0.4, -0.2) is 28.6 Å². The molecule has 2 rings (SSSR count). The molecule has 0 heterocycles. The van der Waals surface area contributed by atoms with Crippen molar-refractivity contribution in [3.05, 3.63) is 33.9 Å². The largest absolute Gasteiger partial charge is 0.478 e. The van der Waals surface area contributed by atoms with Gasteiger partial charge in [-0.2, -0.15) is 0 Å². The monoisotopic (exact) mass is 250 g/mol. The summed E-state index contributed by atoms with van der Waals surface area (Å²) in [6.45, 7) is 2.44. The SMILES string of the molecule is CCN(c1c(C(=O)O)cccc1[N+](=O)[O-])C1CC1. The molecule has 6 nitrogen and oxygen atoms in total. The van der Waals surface area contributed by atoms with Gasteiger partial charge >= 0.3 is 5.97 Å². The number of hydrogen-bond donors (Lipinski definition) is 1. The van der Waals surface area contributed by atoms with Crippen molar-refractivity contribution in [3.63, 3.8) is 0 Å². The normalized spacial score (nSPS) is 14.3. The van der Waals surface area contributed by atoms with Crippen LogP contribution in [0.25, 0.3) is 0 Å². The van der Waals surface area contributed by atoms with Gasteiger partial charge in [0.2, 0.25) is 0 Å². The lowest BCUT2D eigenvalue weighted by atomic mass is 10.1. The lowest BCUT2D eigenvalue weighted by Gasteiger charge is -2.23. The zero-order valence-electron chi connectivity index (χ0n) is 10.00. The van der Waals surface area contributed by atoms with Crippen LogP contribution in [0.4, 0.5) is 11.4 Å². The highest BCUT2D eigenvalue weighted by molar-refractivity contribution is 5.97. The van der Waals surface area contributed by atoms with E-state index in [0.29, 0.717) is 6.54 Å². The summed E-state index contributed by atoms with van der Waals surface area (Å²) in [6, 6.07) is 4.41. The fourth-order valence-corrected chi connectivity index (χ4v) is 2.14. The molecule has 1 aromatic rings. The Kier molecular flexibility index (Phi) is 3.18. The highest BCUT2D eigenvalue weighted by atomic mass is 16.6. The molecule has 1 aliphatic carbocycles. The summed E-state index contributed by atoms with van der Waals surface area (Å²) in [4.78, 5) is 23.6. The first-order valence-corrected chi connectivity index (χ1v) is 5.83. The van der Waals surface area contributed by atoms with Crippen LogP contribution in [0, 0.1) is 10.1 Å². The molecule has 0 radical (unpaired) electrons. The Hall–Kier alpha value is -2.11. The number of carboxylic acids is 1. The molecule has 0 aromatic heterocycles. The second kappa shape index (κ2) is 4.64. The van der Waals surface area contributed by atoms with Gasteiger partial charge in [0, 0.05) is 18.7 Å². The van der Waals surface area contributed by atoms with Crippen molar-refractivity contribution in [2.24, 2.45) is 0 Å². The first kappa shape index (κ1) is 12.3. The van der Waals surface area contributed by atoms with Crippen LogP contribution in [-0.2, 0) is 0 Å². The number of carbonyl (C=O) groups is 1. The van der Waals surface area contributed by atoms with E-state index in [4.69, 9.17) is 5.11 Å². The molecule has 1 aliphatic rings. The molecule has 1 fully saturated rings. The number of nitro groups is 1. The molecule has 0 aliphatic heterocycles. The summed E-state index contributed by atoms with van der Waals surface area (Å²) in [6.07, 6.45) is 1.91. The number of carboxylic acid groups (broad SMARTS) is 1. The van der Waals surface area contributed by atoms with Crippen LogP contribution in [0.15, 0.2) is 18.2 Å². The fraction of sp³-hybridized carbons (Fsp3) is 0.417. The summed E-state index contributed by atoms with van der Waals surface area (Å²) < 4.78 is 0. The molecule has 0 spiro atoms. The van der Waals surface area contributed by atoms with Gasteiger partial charge in [0.1, 0.15) is 5.69 Å². The van der Waals surface area contributed by atoms with Crippen molar-refractivity contribution in [2.75, 3.05) is 11.4 Å². The fourth-order valence-electron chi connectivity index (χ4n) is 2.14. The average Bonchev–Trinajstić information content (AvgIpc) is 3.14. The van der Waals surface area contributed by atoms with Gasteiger partial charge in [-0.1, -0.05) is 6.07 Å². The van der Waals surface area contributed by atoms with Crippen LogP contribution in [0.1, 0.15) is 30.1 Å². The Labute approximate surface area is 104 Å². The second-order valence-electron chi connectivity index (χ2n) is 4.25. The van der Waals surface area contributed by atoms with Crippen LogP contribution >= 0.6 is 0 Å². The highest BCUT2D eigenvalue weighted by Crippen LogP contribution is 2.39. The average molecular weight is 250 g/mol. The number of nitro benzene ring substituents is 1. The van der Waals surface area contributed by atoms with Gasteiger partial charge in [-0.15, -0.1) is 0 Å². The topological polar surface area (TPSA) is 83.7 Å². The maximum absolute atomic E-state index is 11.2. The van der Waals surface area contributed by atoms with E-state index in [2.05, 4.69) is 0 Å². The Balaban J connectivity index is 2.58. The smallest absolute Gasteiger partial charge is 0.338 e. The molecule has 1 saturated carbocycles. The maximum atomic E-state index is 11.2. The molecule has 6 heteroatoms.